The van der Waals surface area contributed by atoms with Crippen LogP contribution in [0.4, 0.5) is 5.88 Å². The standard InChI is InChI=1S/C11H19NO3/c1-10-4-5-11(15-10)12(6-8-13-2)7-9-14-3/h4-5H,6-9H2,1-3H3. The zero-order valence-electron chi connectivity index (χ0n) is 9.66. The first kappa shape index (κ1) is 12.1. The molecule has 0 saturated heterocycles. The number of ether oxygens (including phenoxy) is 2. The van der Waals surface area contributed by atoms with Crippen LogP contribution in [0.2, 0.25) is 0 Å². The fourth-order valence-corrected chi connectivity index (χ4v) is 1.33. The van der Waals surface area contributed by atoms with Gasteiger partial charge < -0.3 is 18.8 Å². The molecule has 1 heterocycles. The Bertz CT molecular complexity index is 265. The average Bonchev–Trinajstić information content (AvgIpc) is 2.65. The van der Waals surface area contributed by atoms with Crippen LogP contribution >= 0.6 is 0 Å². The maximum Gasteiger partial charge on any atom is 0.195 e. The Morgan fingerprint density at radius 1 is 1.13 bits per heavy atom. The van der Waals surface area contributed by atoms with Crippen molar-refractivity contribution in [3.8, 4) is 0 Å². The van der Waals surface area contributed by atoms with Gasteiger partial charge in [-0.2, -0.15) is 0 Å². The predicted octanol–water partition coefficient (Wildman–Crippen LogP) is 1.69. The van der Waals surface area contributed by atoms with Crippen LogP contribution in [0.3, 0.4) is 0 Å². The second kappa shape index (κ2) is 6.48. The van der Waals surface area contributed by atoms with E-state index in [-0.39, 0.29) is 0 Å². The van der Waals surface area contributed by atoms with E-state index in [4.69, 9.17) is 13.9 Å². The Hall–Kier alpha value is -1.00. The summed E-state index contributed by atoms with van der Waals surface area (Å²) in [7, 11) is 3.39. The smallest absolute Gasteiger partial charge is 0.195 e. The molecule has 0 aliphatic rings. The summed E-state index contributed by atoms with van der Waals surface area (Å²) in [5.74, 6) is 1.80. The number of aryl methyl sites for hydroxylation is 1. The van der Waals surface area contributed by atoms with Crippen molar-refractivity contribution < 1.29 is 13.9 Å². The molecule has 0 aliphatic carbocycles. The van der Waals surface area contributed by atoms with Gasteiger partial charge in [-0.15, -0.1) is 0 Å². The Kier molecular flexibility index (Phi) is 5.21. The van der Waals surface area contributed by atoms with E-state index in [0.717, 1.165) is 24.7 Å². The molecule has 15 heavy (non-hydrogen) atoms. The second-order valence-electron chi connectivity index (χ2n) is 3.36. The molecule has 0 aliphatic heterocycles. The number of nitrogens with zero attached hydrogens (tertiary/aromatic N) is 1. The largest absolute Gasteiger partial charge is 0.446 e. The van der Waals surface area contributed by atoms with Crippen molar-refractivity contribution in [2.75, 3.05) is 45.4 Å². The quantitative estimate of drug-likeness (QED) is 0.690. The lowest BCUT2D eigenvalue weighted by Crippen LogP contribution is -2.30. The topological polar surface area (TPSA) is 34.8 Å². The Labute approximate surface area is 90.8 Å². The van der Waals surface area contributed by atoms with Gasteiger partial charge in [-0.1, -0.05) is 0 Å². The summed E-state index contributed by atoms with van der Waals surface area (Å²) in [6.07, 6.45) is 0. The van der Waals surface area contributed by atoms with Gasteiger partial charge >= 0.3 is 0 Å². The maximum absolute atomic E-state index is 5.55. The summed E-state index contributed by atoms with van der Waals surface area (Å²) in [6, 6.07) is 3.93. The zero-order valence-corrected chi connectivity index (χ0v) is 9.66. The van der Waals surface area contributed by atoms with Crippen LogP contribution in [-0.4, -0.2) is 40.5 Å². The molecule has 0 atom stereocenters. The fourth-order valence-electron chi connectivity index (χ4n) is 1.33. The van der Waals surface area contributed by atoms with Crippen LogP contribution in [0, 0.1) is 6.92 Å². The minimum Gasteiger partial charge on any atom is -0.446 e. The molecule has 86 valence electrons. The van der Waals surface area contributed by atoms with Crippen molar-refractivity contribution in [1.29, 1.82) is 0 Å². The molecule has 0 amide bonds. The molecular formula is C11H19NO3. The third-order valence-corrected chi connectivity index (χ3v) is 2.17. The van der Waals surface area contributed by atoms with E-state index in [9.17, 15) is 0 Å². The lowest BCUT2D eigenvalue weighted by Gasteiger charge is -2.20. The monoisotopic (exact) mass is 213 g/mol. The zero-order chi connectivity index (χ0) is 11.1. The summed E-state index contributed by atoms with van der Waals surface area (Å²) in [4.78, 5) is 2.11. The van der Waals surface area contributed by atoms with Crippen molar-refractivity contribution >= 4 is 5.88 Å². The minimum absolute atomic E-state index is 0.684. The van der Waals surface area contributed by atoms with Crippen LogP contribution in [-0.2, 0) is 9.47 Å². The molecule has 0 radical (unpaired) electrons. The molecule has 0 N–H and O–H groups in total. The first-order chi connectivity index (χ1) is 7.27. The maximum atomic E-state index is 5.55. The number of methoxy groups -OCH3 is 2. The molecule has 0 spiro atoms. The van der Waals surface area contributed by atoms with E-state index >= 15 is 0 Å². The Morgan fingerprint density at radius 2 is 1.73 bits per heavy atom. The highest BCUT2D eigenvalue weighted by atomic mass is 16.5. The average molecular weight is 213 g/mol. The van der Waals surface area contributed by atoms with Crippen LogP contribution in [0.15, 0.2) is 16.5 Å². The van der Waals surface area contributed by atoms with E-state index in [1.165, 1.54) is 0 Å². The normalized spacial score (nSPS) is 10.6. The lowest BCUT2D eigenvalue weighted by molar-refractivity contribution is 0.188. The highest BCUT2D eigenvalue weighted by Crippen LogP contribution is 2.17. The molecule has 1 aromatic heterocycles. The molecule has 1 rings (SSSR count). The van der Waals surface area contributed by atoms with E-state index < -0.39 is 0 Å². The molecule has 0 bridgehead atoms. The first-order valence-corrected chi connectivity index (χ1v) is 5.07. The number of hydrogen-bond acceptors (Lipinski definition) is 4. The molecule has 4 heteroatoms. The van der Waals surface area contributed by atoms with Gasteiger partial charge in [0, 0.05) is 33.4 Å². The fraction of sp³-hybridized carbons (Fsp3) is 0.636. The molecule has 1 aromatic rings. The van der Waals surface area contributed by atoms with Crippen molar-refractivity contribution in [2.45, 2.75) is 6.92 Å². The molecule has 0 saturated carbocycles. The highest BCUT2D eigenvalue weighted by molar-refractivity contribution is 5.36. The number of hydrogen-bond donors (Lipinski definition) is 0. The van der Waals surface area contributed by atoms with Gasteiger partial charge in [-0.25, -0.2) is 0 Å². The van der Waals surface area contributed by atoms with Gasteiger partial charge in [0.15, 0.2) is 5.88 Å². The number of rotatable bonds is 7. The van der Waals surface area contributed by atoms with Gasteiger partial charge in [0.1, 0.15) is 5.76 Å². The summed E-state index contributed by atoms with van der Waals surface area (Å²) in [6.45, 7) is 4.93. The predicted molar refractivity (Wildman–Crippen MR) is 59.4 cm³/mol. The Balaban J connectivity index is 2.54. The molecule has 0 unspecified atom stereocenters. The summed E-state index contributed by atoms with van der Waals surface area (Å²) in [5.41, 5.74) is 0. The van der Waals surface area contributed by atoms with Crippen molar-refractivity contribution in [3.05, 3.63) is 17.9 Å². The van der Waals surface area contributed by atoms with E-state index in [2.05, 4.69) is 4.90 Å². The highest BCUT2D eigenvalue weighted by Gasteiger charge is 2.09. The van der Waals surface area contributed by atoms with E-state index in [0.29, 0.717) is 13.2 Å². The third-order valence-electron chi connectivity index (χ3n) is 2.17. The molecule has 0 aromatic carbocycles. The van der Waals surface area contributed by atoms with Crippen molar-refractivity contribution in [2.24, 2.45) is 0 Å². The summed E-state index contributed by atoms with van der Waals surface area (Å²) < 4.78 is 15.7. The first-order valence-electron chi connectivity index (χ1n) is 5.07. The molecule has 0 fully saturated rings. The third kappa shape index (κ3) is 3.93. The summed E-state index contributed by atoms with van der Waals surface area (Å²) in [5, 5.41) is 0. The lowest BCUT2D eigenvalue weighted by atomic mass is 10.4. The Morgan fingerprint density at radius 3 is 2.13 bits per heavy atom. The van der Waals surface area contributed by atoms with E-state index in [1.54, 1.807) is 14.2 Å². The number of anilines is 1. The van der Waals surface area contributed by atoms with Crippen LogP contribution < -0.4 is 4.90 Å². The SMILES string of the molecule is COCCN(CCOC)c1ccc(C)o1. The van der Waals surface area contributed by atoms with Gasteiger partial charge in [0.25, 0.3) is 0 Å². The minimum atomic E-state index is 0.684. The molecular weight excluding hydrogens is 194 g/mol. The van der Waals surface area contributed by atoms with Gasteiger partial charge in [0.05, 0.1) is 13.2 Å². The van der Waals surface area contributed by atoms with Crippen LogP contribution in [0.1, 0.15) is 5.76 Å². The van der Waals surface area contributed by atoms with E-state index in [1.807, 2.05) is 19.1 Å². The van der Waals surface area contributed by atoms with Gasteiger partial charge in [-0.3, -0.25) is 0 Å². The van der Waals surface area contributed by atoms with Crippen molar-refractivity contribution in [1.82, 2.24) is 0 Å². The molecule has 4 nitrogen and oxygen atoms in total. The summed E-state index contributed by atoms with van der Waals surface area (Å²) >= 11 is 0. The second-order valence-corrected chi connectivity index (χ2v) is 3.36. The van der Waals surface area contributed by atoms with Crippen molar-refractivity contribution in [3.63, 3.8) is 0 Å². The van der Waals surface area contributed by atoms with Gasteiger partial charge in [-0.05, 0) is 13.0 Å². The number of furan rings is 1. The van der Waals surface area contributed by atoms with Crippen LogP contribution in [0.25, 0.3) is 0 Å². The van der Waals surface area contributed by atoms with Gasteiger partial charge in [0.2, 0.25) is 0 Å². The van der Waals surface area contributed by atoms with Crippen LogP contribution in [0.5, 0.6) is 0 Å².